The van der Waals surface area contributed by atoms with Crippen LogP contribution >= 0.6 is 0 Å². The van der Waals surface area contributed by atoms with E-state index < -0.39 is 0 Å². The Bertz CT molecular complexity index is 292. The van der Waals surface area contributed by atoms with Crippen LogP contribution < -0.4 is 0 Å². The van der Waals surface area contributed by atoms with Crippen molar-refractivity contribution in [1.29, 1.82) is 0 Å². The highest BCUT2D eigenvalue weighted by Crippen LogP contribution is 2.73. The molecule has 0 atom stereocenters. The van der Waals surface area contributed by atoms with Crippen LogP contribution in [0, 0.1) is 10.8 Å². The zero-order valence-corrected chi connectivity index (χ0v) is 8.96. The molecule has 0 bridgehead atoms. The average molecular weight is 174 g/mol. The third kappa shape index (κ3) is 1.04. The topological polar surface area (TPSA) is 0 Å². The second-order valence-corrected chi connectivity index (χ2v) is 5.29. The third-order valence-electron chi connectivity index (χ3n) is 4.15. The molecule has 0 saturated heterocycles. The van der Waals surface area contributed by atoms with Crippen molar-refractivity contribution in [2.24, 2.45) is 10.8 Å². The van der Waals surface area contributed by atoms with Gasteiger partial charge in [0.05, 0.1) is 0 Å². The van der Waals surface area contributed by atoms with Gasteiger partial charge in [0, 0.05) is 0 Å². The van der Waals surface area contributed by atoms with Crippen molar-refractivity contribution in [3.05, 3.63) is 35.9 Å². The van der Waals surface area contributed by atoms with E-state index in [9.17, 15) is 0 Å². The van der Waals surface area contributed by atoms with Gasteiger partial charge in [-0.1, -0.05) is 58.0 Å². The van der Waals surface area contributed by atoms with Crippen LogP contribution in [-0.2, 0) is 0 Å². The van der Waals surface area contributed by atoms with Gasteiger partial charge in [0.1, 0.15) is 0 Å². The largest absolute Gasteiger partial charge is 0.0622 e. The Morgan fingerprint density at radius 1 is 0.846 bits per heavy atom. The van der Waals surface area contributed by atoms with Crippen LogP contribution in [0.1, 0.15) is 39.2 Å². The highest BCUT2D eigenvalue weighted by atomic mass is 14.7. The molecule has 0 spiro atoms. The second kappa shape index (κ2) is 2.37. The maximum atomic E-state index is 2.37. The number of rotatable bonds is 1. The van der Waals surface area contributed by atoms with Gasteiger partial charge in [0.25, 0.3) is 0 Å². The average Bonchev–Trinajstić information content (AvgIpc) is 2.44. The highest BCUT2D eigenvalue weighted by molar-refractivity contribution is 5.34. The van der Waals surface area contributed by atoms with Crippen LogP contribution in [0.4, 0.5) is 0 Å². The molecule has 1 fully saturated rings. The molecule has 1 aliphatic rings. The van der Waals surface area contributed by atoms with Crippen molar-refractivity contribution >= 4 is 0 Å². The summed E-state index contributed by atoms with van der Waals surface area (Å²) in [6.45, 7) is 9.46. The number of hydrogen-bond acceptors (Lipinski definition) is 0. The Hall–Kier alpha value is -0.780. The fourth-order valence-corrected chi connectivity index (χ4v) is 2.68. The zero-order valence-electron chi connectivity index (χ0n) is 8.96. The summed E-state index contributed by atoms with van der Waals surface area (Å²) in [7, 11) is 0. The van der Waals surface area contributed by atoms with E-state index in [0.29, 0.717) is 10.8 Å². The van der Waals surface area contributed by atoms with E-state index in [1.54, 1.807) is 0 Å². The molecule has 0 unspecified atom stereocenters. The van der Waals surface area contributed by atoms with Gasteiger partial charge in [-0.25, -0.2) is 0 Å². The van der Waals surface area contributed by atoms with Gasteiger partial charge >= 0.3 is 0 Å². The molecule has 0 N–H and O–H groups in total. The van der Waals surface area contributed by atoms with Gasteiger partial charge < -0.3 is 0 Å². The Morgan fingerprint density at radius 3 is 1.69 bits per heavy atom. The zero-order chi connectivity index (χ0) is 9.69. The predicted octanol–water partition coefficient (Wildman–Crippen LogP) is 3.84. The number of benzene rings is 1. The summed E-state index contributed by atoms with van der Waals surface area (Å²) >= 11 is 0. The first-order valence-electron chi connectivity index (χ1n) is 5.03. The van der Waals surface area contributed by atoms with Gasteiger partial charge in [-0.3, -0.25) is 0 Å². The van der Waals surface area contributed by atoms with Crippen LogP contribution in [0.3, 0.4) is 0 Å². The lowest BCUT2D eigenvalue weighted by Crippen LogP contribution is -1.95. The lowest BCUT2D eigenvalue weighted by molar-refractivity contribution is 0.457. The first kappa shape index (κ1) is 8.80. The summed E-state index contributed by atoms with van der Waals surface area (Å²) < 4.78 is 0. The lowest BCUT2D eigenvalue weighted by Gasteiger charge is -2.03. The van der Waals surface area contributed by atoms with Gasteiger partial charge in [-0.15, -0.1) is 0 Å². The summed E-state index contributed by atoms with van der Waals surface area (Å²) in [6, 6.07) is 10.9. The van der Waals surface area contributed by atoms with Crippen molar-refractivity contribution in [2.45, 2.75) is 33.6 Å². The molecule has 70 valence electrons. The Labute approximate surface area is 81.0 Å². The molecule has 2 rings (SSSR count). The summed E-state index contributed by atoms with van der Waals surface area (Å²) in [4.78, 5) is 0. The Balaban J connectivity index is 2.33. The second-order valence-electron chi connectivity index (χ2n) is 5.29. The monoisotopic (exact) mass is 174 g/mol. The predicted molar refractivity (Wildman–Crippen MR) is 56.7 cm³/mol. The smallest absolute Gasteiger partial charge is 0.00487 e. The molecule has 1 aromatic carbocycles. The third-order valence-corrected chi connectivity index (χ3v) is 4.15. The maximum Gasteiger partial charge on any atom is -0.00487 e. The van der Waals surface area contributed by atoms with E-state index in [4.69, 9.17) is 0 Å². The summed E-state index contributed by atoms with van der Waals surface area (Å²) in [5, 5.41) is 0. The molecular formula is C13H18. The molecule has 0 radical (unpaired) electrons. The van der Waals surface area contributed by atoms with Crippen LogP contribution in [0.15, 0.2) is 30.3 Å². The Morgan fingerprint density at radius 2 is 1.31 bits per heavy atom. The van der Waals surface area contributed by atoms with Gasteiger partial charge in [0.15, 0.2) is 0 Å². The fourth-order valence-electron chi connectivity index (χ4n) is 2.68. The molecule has 13 heavy (non-hydrogen) atoms. The molecule has 1 aromatic rings. The molecule has 1 saturated carbocycles. The molecular weight excluding hydrogens is 156 g/mol. The van der Waals surface area contributed by atoms with Crippen molar-refractivity contribution < 1.29 is 0 Å². The van der Waals surface area contributed by atoms with Crippen LogP contribution in [0.25, 0.3) is 0 Å². The normalized spacial score (nSPS) is 24.3. The van der Waals surface area contributed by atoms with Crippen molar-refractivity contribution in [2.75, 3.05) is 0 Å². The van der Waals surface area contributed by atoms with E-state index >= 15 is 0 Å². The van der Waals surface area contributed by atoms with E-state index in [0.717, 1.165) is 5.92 Å². The maximum absolute atomic E-state index is 2.37. The van der Waals surface area contributed by atoms with Gasteiger partial charge in [0.2, 0.25) is 0 Å². The fraction of sp³-hybridized carbons (Fsp3) is 0.538. The molecule has 0 heterocycles. The number of hydrogen-bond donors (Lipinski definition) is 0. The molecule has 0 heteroatoms. The van der Waals surface area contributed by atoms with Crippen molar-refractivity contribution in [3.63, 3.8) is 0 Å². The van der Waals surface area contributed by atoms with Crippen LogP contribution in [-0.4, -0.2) is 0 Å². The van der Waals surface area contributed by atoms with Crippen molar-refractivity contribution in [1.82, 2.24) is 0 Å². The summed E-state index contributed by atoms with van der Waals surface area (Å²) in [5.41, 5.74) is 2.43. The van der Waals surface area contributed by atoms with Crippen LogP contribution in [0.2, 0.25) is 0 Å². The Kier molecular flexibility index (Phi) is 1.61. The highest BCUT2D eigenvalue weighted by Gasteiger charge is 2.64. The SMILES string of the molecule is CC1(C)C(c2ccccc2)C1(C)C. The molecule has 0 amide bonds. The minimum absolute atomic E-state index is 0.467. The van der Waals surface area contributed by atoms with E-state index in [-0.39, 0.29) is 0 Å². The first-order chi connectivity index (χ1) is 5.98. The molecule has 1 aliphatic carbocycles. The van der Waals surface area contributed by atoms with Crippen molar-refractivity contribution in [3.8, 4) is 0 Å². The molecule has 0 nitrogen and oxygen atoms in total. The van der Waals surface area contributed by atoms with E-state index in [1.165, 1.54) is 5.56 Å². The minimum atomic E-state index is 0.467. The van der Waals surface area contributed by atoms with Gasteiger partial charge in [-0.2, -0.15) is 0 Å². The van der Waals surface area contributed by atoms with Crippen LogP contribution in [0.5, 0.6) is 0 Å². The summed E-state index contributed by atoms with van der Waals surface area (Å²) in [6.07, 6.45) is 0. The van der Waals surface area contributed by atoms with E-state index in [2.05, 4.69) is 58.0 Å². The van der Waals surface area contributed by atoms with E-state index in [1.807, 2.05) is 0 Å². The molecule has 0 aliphatic heterocycles. The first-order valence-corrected chi connectivity index (χ1v) is 5.03. The lowest BCUT2D eigenvalue weighted by atomic mass is 10.0. The quantitative estimate of drug-likeness (QED) is 0.607. The van der Waals surface area contributed by atoms with Gasteiger partial charge in [-0.05, 0) is 22.3 Å². The summed E-state index contributed by atoms with van der Waals surface area (Å²) in [5.74, 6) is 0.737. The standard InChI is InChI=1S/C13H18/c1-12(2)11(13(12,3)4)10-8-6-5-7-9-10/h5-9,11H,1-4H3. The molecule has 0 aromatic heterocycles. The minimum Gasteiger partial charge on any atom is -0.0622 e.